The highest BCUT2D eigenvalue weighted by atomic mass is 19.1. The van der Waals surface area contributed by atoms with E-state index in [9.17, 15) is 9.18 Å². The standard InChI is InChI=1S/C10H11FO4/c1-14-6-9(10(12)13)15-8-4-2-7(11)3-5-8/h2-5,9H,6H2,1H3,(H,12,13). The number of carboxylic acids is 1. The fourth-order valence-electron chi connectivity index (χ4n) is 0.985. The van der Waals surface area contributed by atoms with Crippen LogP contribution in [0.1, 0.15) is 0 Å². The molecule has 82 valence electrons. The quantitative estimate of drug-likeness (QED) is 0.802. The number of methoxy groups -OCH3 is 1. The highest BCUT2D eigenvalue weighted by Gasteiger charge is 2.18. The Balaban J connectivity index is 2.65. The molecule has 0 amide bonds. The third kappa shape index (κ3) is 3.55. The van der Waals surface area contributed by atoms with Crippen molar-refractivity contribution in [3.8, 4) is 5.75 Å². The third-order valence-electron chi connectivity index (χ3n) is 1.69. The van der Waals surface area contributed by atoms with Gasteiger partial charge in [0.15, 0.2) is 0 Å². The summed E-state index contributed by atoms with van der Waals surface area (Å²) in [5.74, 6) is -1.23. The summed E-state index contributed by atoms with van der Waals surface area (Å²) < 4.78 is 22.3. The first-order chi connectivity index (χ1) is 7.13. The second-order valence-electron chi connectivity index (χ2n) is 2.85. The van der Waals surface area contributed by atoms with Crippen molar-refractivity contribution in [1.29, 1.82) is 0 Å². The van der Waals surface area contributed by atoms with Crippen LogP contribution in [0.5, 0.6) is 5.75 Å². The molecule has 0 saturated heterocycles. The van der Waals surface area contributed by atoms with Gasteiger partial charge in [-0.15, -0.1) is 0 Å². The number of rotatable bonds is 5. The van der Waals surface area contributed by atoms with Gasteiger partial charge in [-0.3, -0.25) is 0 Å². The van der Waals surface area contributed by atoms with Crippen molar-refractivity contribution in [2.45, 2.75) is 6.10 Å². The monoisotopic (exact) mass is 214 g/mol. The first-order valence-corrected chi connectivity index (χ1v) is 4.27. The summed E-state index contributed by atoms with van der Waals surface area (Å²) in [5.41, 5.74) is 0. The van der Waals surface area contributed by atoms with Gasteiger partial charge in [-0.1, -0.05) is 0 Å². The summed E-state index contributed by atoms with van der Waals surface area (Å²) in [6, 6.07) is 5.12. The molecule has 4 nitrogen and oxygen atoms in total. The summed E-state index contributed by atoms with van der Waals surface area (Å²) in [5, 5.41) is 8.74. The Morgan fingerprint density at radius 2 is 2.07 bits per heavy atom. The molecular formula is C10H11FO4. The normalized spacial score (nSPS) is 12.1. The smallest absolute Gasteiger partial charge is 0.347 e. The SMILES string of the molecule is COCC(Oc1ccc(F)cc1)C(=O)O. The Bertz CT molecular complexity index is 323. The predicted molar refractivity (Wildman–Crippen MR) is 50.3 cm³/mol. The van der Waals surface area contributed by atoms with Crippen LogP contribution in [0.2, 0.25) is 0 Å². The van der Waals surface area contributed by atoms with Crippen molar-refractivity contribution >= 4 is 5.97 Å². The van der Waals surface area contributed by atoms with Gasteiger partial charge in [0, 0.05) is 7.11 Å². The first kappa shape index (κ1) is 11.5. The van der Waals surface area contributed by atoms with Crippen molar-refractivity contribution < 1.29 is 23.8 Å². The lowest BCUT2D eigenvalue weighted by Crippen LogP contribution is -2.31. The van der Waals surface area contributed by atoms with Crippen LogP contribution in [0.25, 0.3) is 0 Å². The molecule has 1 aromatic carbocycles. The molecule has 1 N–H and O–H groups in total. The second-order valence-corrected chi connectivity index (χ2v) is 2.85. The number of hydrogen-bond donors (Lipinski definition) is 1. The Kier molecular flexibility index (Phi) is 4.05. The largest absolute Gasteiger partial charge is 0.478 e. The zero-order valence-electron chi connectivity index (χ0n) is 8.14. The van der Waals surface area contributed by atoms with Crippen molar-refractivity contribution in [2.75, 3.05) is 13.7 Å². The Morgan fingerprint density at radius 3 is 2.53 bits per heavy atom. The Labute approximate surface area is 86.2 Å². The van der Waals surface area contributed by atoms with Gasteiger partial charge >= 0.3 is 5.97 Å². The average molecular weight is 214 g/mol. The molecule has 0 fully saturated rings. The van der Waals surface area contributed by atoms with Crippen LogP contribution in [0.3, 0.4) is 0 Å². The molecule has 1 unspecified atom stereocenters. The number of ether oxygens (including phenoxy) is 2. The minimum atomic E-state index is -1.12. The molecule has 1 atom stereocenters. The molecule has 1 rings (SSSR count). The number of benzene rings is 1. The maximum atomic E-state index is 12.5. The molecule has 0 bridgehead atoms. The highest BCUT2D eigenvalue weighted by Crippen LogP contribution is 2.13. The van der Waals surface area contributed by atoms with Gasteiger partial charge in [0.25, 0.3) is 0 Å². The molecule has 0 aliphatic carbocycles. The van der Waals surface area contributed by atoms with Crippen LogP contribution in [-0.2, 0) is 9.53 Å². The van der Waals surface area contributed by atoms with E-state index in [1.807, 2.05) is 0 Å². The van der Waals surface area contributed by atoms with Crippen LogP contribution in [-0.4, -0.2) is 30.9 Å². The van der Waals surface area contributed by atoms with Crippen LogP contribution in [0, 0.1) is 5.82 Å². The van der Waals surface area contributed by atoms with Gasteiger partial charge in [-0.2, -0.15) is 0 Å². The molecule has 15 heavy (non-hydrogen) atoms. The van der Waals surface area contributed by atoms with Crippen LogP contribution in [0.15, 0.2) is 24.3 Å². The third-order valence-corrected chi connectivity index (χ3v) is 1.69. The molecule has 1 aromatic rings. The molecule has 0 aliphatic rings. The van der Waals surface area contributed by atoms with Crippen LogP contribution in [0.4, 0.5) is 4.39 Å². The fourth-order valence-corrected chi connectivity index (χ4v) is 0.985. The van der Waals surface area contributed by atoms with Crippen molar-refractivity contribution in [1.82, 2.24) is 0 Å². The zero-order chi connectivity index (χ0) is 11.3. The molecule has 0 saturated carbocycles. The first-order valence-electron chi connectivity index (χ1n) is 4.27. The maximum absolute atomic E-state index is 12.5. The summed E-state index contributed by atoms with van der Waals surface area (Å²) in [6.45, 7) is -0.0628. The number of carboxylic acid groups (broad SMARTS) is 1. The fraction of sp³-hybridized carbons (Fsp3) is 0.300. The van der Waals surface area contributed by atoms with Gasteiger partial charge in [-0.05, 0) is 24.3 Å². The minimum Gasteiger partial charge on any atom is -0.478 e. The number of carbonyl (C=O) groups is 1. The highest BCUT2D eigenvalue weighted by molar-refractivity contribution is 5.72. The lowest BCUT2D eigenvalue weighted by Gasteiger charge is -2.13. The van der Waals surface area contributed by atoms with Gasteiger partial charge in [-0.25, -0.2) is 9.18 Å². The van der Waals surface area contributed by atoms with Crippen LogP contribution >= 0.6 is 0 Å². The predicted octanol–water partition coefficient (Wildman–Crippen LogP) is 1.30. The molecule has 0 radical (unpaired) electrons. The van der Waals surface area contributed by atoms with E-state index in [2.05, 4.69) is 4.74 Å². The van der Waals surface area contributed by atoms with Gasteiger partial charge in [0.2, 0.25) is 6.10 Å². The van der Waals surface area contributed by atoms with Gasteiger partial charge in [0.1, 0.15) is 11.6 Å². The van der Waals surface area contributed by atoms with E-state index in [0.29, 0.717) is 5.75 Å². The molecule has 0 aromatic heterocycles. The van der Waals surface area contributed by atoms with E-state index in [0.717, 1.165) is 0 Å². The summed E-state index contributed by atoms with van der Waals surface area (Å²) in [6.07, 6.45) is -1.08. The average Bonchev–Trinajstić information content (AvgIpc) is 2.20. The minimum absolute atomic E-state index is 0.0628. The van der Waals surface area contributed by atoms with Crippen molar-refractivity contribution in [3.63, 3.8) is 0 Å². The van der Waals surface area contributed by atoms with E-state index in [4.69, 9.17) is 9.84 Å². The molecular weight excluding hydrogens is 203 g/mol. The van der Waals surface area contributed by atoms with E-state index in [1.54, 1.807) is 0 Å². The maximum Gasteiger partial charge on any atom is 0.347 e. The number of hydrogen-bond acceptors (Lipinski definition) is 3. The summed E-state index contributed by atoms with van der Waals surface area (Å²) in [7, 11) is 1.38. The molecule has 0 spiro atoms. The van der Waals surface area contributed by atoms with Gasteiger partial charge in [0.05, 0.1) is 6.61 Å². The molecule has 0 aliphatic heterocycles. The van der Waals surface area contributed by atoms with Gasteiger partial charge < -0.3 is 14.6 Å². The van der Waals surface area contributed by atoms with E-state index in [1.165, 1.54) is 31.4 Å². The topological polar surface area (TPSA) is 55.8 Å². The number of halogens is 1. The van der Waals surface area contributed by atoms with Crippen LogP contribution < -0.4 is 4.74 Å². The Morgan fingerprint density at radius 1 is 1.47 bits per heavy atom. The van der Waals surface area contributed by atoms with E-state index >= 15 is 0 Å². The van der Waals surface area contributed by atoms with Crippen molar-refractivity contribution in [2.24, 2.45) is 0 Å². The lowest BCUT2D eigenvalue weighted by molar-refractivity contribution is -0.147. The van der Waals surface area contributed by atoms with E-state index in [-0.39, 0.29) is 6.61 Å². The summed E-state index contributed by atoms with van der Waals surface area (Å²) in [4.78, 5) is 10.7. The molecule has 0 heterocycles. The Hall–Kier alpha value is -1.62. The zero-order valence-corrected chi connectivity index (χ0v) is 8.14. The lowest BCUT2D eigenvalue weighted by atomic mass is 10.3. The van der Waals surface area contributed by atoms with Crippen molar-refractivity contribution in [3.05, 3.63) is 30.1 Å². The van der Waals surface area contributed by atoms with E-state index < -0.39 is 17.9 Å². The second kappa shape index (κ2) is 5.31. The number of aliphatic carboxylic acids is 1. The summed E-state index contributed by atoms with van der Waals surface area (Å²) >= 11 is 0. The molecule has 5 heteroatoms.